The molecule has 0 atom stereocenters. The SMILES string of the molecule is C/C(C/C(C)=N/c1c(C)cc(C)cc1C)=N\c1c(C)cc(C)cc1C. The Morgan fingerprint density at radius 3 is 1.16 bits per heavy atom. The summed E-state index contributed by atoms with van der Waals surface area (Å²) in [5.41, 5.74) is 11.9. The van der Waals surface area contributed by atoms with E-state index in [-0.39, 0.29) is 0 Å². The standard InChI is InChI=1S/C23H30N2/c1-14-9-16(3)22(17(4)10-14)24-20(7)13-21(8)25-23-18(5)11-15(2)12-19(23)6/h9-12H,13H2,1-8H3/b24-20+,25-21+. The van der Waals surface area contributed by atoms with Gasteiger partial charge in [-0.15, -0.1) is 0 Å². The van der Waals surface area contributed by atoms with Crippen molar-refractivity contribution >= 4 is 22.8 Å². The zero-order chi connectivity index (χ0) is 18.7. The maximum atomic E-state index is 4.88. The normalized spacial score (nSPS) is 12.6. The minimum Gasteiger partial charge on any atom is -0.257 e. The summed E-state index contributed by atoms with van der Waals surface area (Å²) in [6.45, 7) is 17.0. The van der Waals surface area contributed by atoms with Crippen molar-refractivity contribution < 1.29 is 0 Å². The van der Waals surface area contributed by atoms with Crippen LogP contribution in [0.2, 0.25) is 0 Å². The minimum absolute atomic E-state index is 0.791. The Morgan fingerprint density at radius 2 is 0.880 bits per heavy atom. The molecule has 2 aromatic carbocycles. The van der Waals surface area contributed by atoms with Crippen molar-refractivity contribution in [2.75, 3.05) is 0 Å². The van der Waals surface area contributed by atoms with Gasteiger partial charge in [0.2, 0.25) is 0 Å². The van der Waals surface area contributed by atoms with Gasteiger partial charge in [-0.25, -0.2) is 0 Å². The summed E-state index contributed by atoms with van der Waals surface area (Å²) in [6.07, 6.45) is 0.791. The summed E-state index contributed by atoms with van der Waals surface area (Å²) in [6, 6.07) is 8.77. The zero-order valence-electron chi connectivity index (χ0n) is 16.9. The van der Waals surface area contributed by atoms with Crippen LogP contribution in [-0.2, 0) is 0 Å². The summed E-state index contributed by atoms with van der Waals surface area (Å²) in [7, 11) is 0. The Hall–Kier alpha value is -2.22. The molecule has 0 unspecified atom stereocenters. The predicted octanol–water partition coefficient (Wildman–Crippen LogP) is 6.81. The van der Waals surface area contributed by atoms with Crippen LogP contribution in [0.1, 0.15) is 53.6 Å². The van der Waals surface area contributed by atoms with Gasteiger partial charge < -0.3 is 0 Å². The van der Waals surface area contributed by atoms with E-state index in [1.807, 2.05) is 0 Å². The largest absolute Gasteiger partial charge is 0.257 e. The zero-order valence-corrected chi connectivity index (χ0v) is 16.9. The molecule has 0 heterocycles. The van der Waals surface area contributed by atoms with Gasteiger partial charge in [-0.3, -0.25) is 9.98 Å². The lowest BCUT2D eigenvalue weighted by molar-refractivity contribution is 1.26. The summed E-state index contributed by atoms with van der Waals surface area (Å²) in [5.74, 6) is 0. The molecule has 25 heavy (non-hydrogen) atoms. The van der Waals surface area contributed by atoms with Crippen molar-refractivity contribution in [2.45, 2.75) is 61.8 Å². The van der Waals surface area contributed by atoms with E-state index in [0.29, 0.717) is 0 Å². The quantitative estimate of drug-likeness (QED) is 0.548. The second-order valence-electron chi connectivity index (χ2n) is 7.37. The molecule has 2 rings (SSSR count). The van der Waals surface area contributed by atoms with Gasteiger partial charge in [0, 0.05) is 17.8 Å². The van der Waals surface area contributed by atoms with Crippen LogP contribution >= 0.6 is 0 Å². The second kappa shape index (κ2) is 7.77. The van der Waals surface area contributed by atoms with Crippen molar-refractivity contribution in [2.24, 2.45) is 9.98 Å². The van der Waals surface area contributed by atoms with E-state index >= 15 is 0 Å². The molecule has 0 radical (unpaired) electrons. The molecular formula is C23H30N2. The molecule has 132 valence electrons. The summed E-state index contributed by atoms with van der Waals surface area (Å²) in [5, 5.41) is 0. The molecule has 0 amide bonds. The van der Waals surface area contributed by atoms with E-state index in [0.717, 1.165) is 29.2 Å². The summed E-state index contributed by atoms with van der Waals surface area (Å²) < 4.78 is 0. The topological polar surface area (TPSA) is 24.7 Å². The lowest BCUT2D eigenvalue weighted by Gasteiger charge is -2.10. The van der Waals surface area contributed by atoms with Gasteiger partial charge in [0.15, 0.2) is 0 Å². The van der Waals surface area contributed by atoms with Crippen LogP contribution < -0.4 is 0 Å². The van der Waals surface area contributed by atoms with Crippen LogP contribution in [0.15, 0.2) is 34.3 Å². The molecule has 0 N–H and O–H groups in total. The first-order valence-electron chi connectivity index (χ1n) is 8.91. The van der Waals surface area contributed by atoms with Crippen LogP contribution in [0, 0.1) is 41.5 Å². The Balaban J connectivity index is 2.27. The van der Waals surface area contributed by atoms with Crippen LogP contribution in [0.4, 0.5) is 11.4 Å². The maximum absolute atomic E-state index is 4.88. The van der Waals surface area contributed by atoms with E-state index in [4.69, 9.17) is 9.98 Å². The number of aliphatic imine (C=N–C) groups is 2. The molecule has 0 fully saturated rings. The molecule has 0 saturated heterocycles. The smallest absolute Gasteiger partial charge is 0.0687 e. The van der Waals surface area contributed by atoms with Gasteiger partial charge in [-0.2, -0.15) is 0 Å². The minimum atomic E-state index is 0.791. The number of aryl methyl sites for hydroxylation is 6. The van der Waals surface area contributed by atoms with E-state index in [1.54, 1.807) is 0 Å². The Morgan fingerprint density at radius 1 is 0.600 bits per heavy atom. The van der Waals surface area contributed by atoms with Gasteiger partial charge >= 0.3 is 0 Å². The molecule has 0 saturated carbocycles. The Bertz CT molecular complexity index is 737. The average molecular weight is 335 g/mol. The van der Waals surface area contributed by atoms with Crippen LogP contribution in [-0.4, -0.2) is 11.4 Å². The lowest BCUT2D eigenvalue weighted by Crippen LogP contribution is -2.01. The highest BCUT2D eigenvalue weighted by molar-refractivity contribution is 6.04. The molecule has 0 spiro atoms. The molecular weight excluding hydrogens is 304 g/mol. The number of rotatable bonds is 4. The molecule has 0 aromatic heterocycles. The van der Waals surface area contributed by atoms with Gasteiger partial charge in [0.1, 0.15) is 0 Å². The van der Waals surface area contributed by atoms with E-state index < -0.39 is 0 Å². The number of hydrogen-bond acceptors (Lipinski definition) is 2. The molecule has 0 bridgehead atoms. The Kier molecular flexibility index (Phi) is 5.94. The lowest BCUT2D eigenvalue weighted by atomic mass is 10.0. The number of benzene rings is 2. The first-order valence-corrected chi connectivity index (χ1v) is 8.91. The van der Waals surface area contributed by atoms with Crippen LogP contribution in [0.25, 0.3) is 0 Å². The van der Waals surface area contributed by atoms with Crippen molar-refractivity contribution in [1.82, 2.24) is 0 Å². The highest BCUT2D eigenvalue weighted by atomic mass is 14.8. The molecule has 0 aliphatic rings. The predicted molar refractivity (Wildman–Crippen MR) is 111 cm³/mol. The number of nitrogens with zero attached hydrogens (tertiary/aromatic N) is 2. The number of hydrogen-bond donors (Lipinski definition) is 0. The van der Waals surface area contributed by atoms with Gasteiger partial charge in [-0.1, -0.05) is 35.4 Å². The third-order valence-electron chi connectivity index (χ3n) is 4.39. The maximum Gasteiger partial charge on any atom is 0.0687 e. The van der Waals surface area contributed by atoms with Crippen molar-refractivity contribution in [3.63, 3.8) is 0 Å². The fourth-order valence-corrected chi connectivity index (χ4v) is 3.53. The molecule has 0 aliphatic carbocycles. The first-order chi connectivity index (χ1) is 11.7. The highest BCUT2D eigenvalue weighted by Gasteiger charge is 2.06. The van der Waals surface area contributed by atoms with Crippen molar-refractivity contribution in [3.8, 4) is 0 Å². The molecule has 2 nitrogen and oxygen atoms in total. The van der Waals surface area contributed by atoms with Crippen molar-refractivity contribution in [1.29, 1.82) is 0 Å². The molecule has 2 aromatic rings. The fourth-order valence-electron chi connectivity index (χ4n) is 3.53. The monoisotopic (exact) mass is 334 g/mol. The van der Waals surface area contributed by atoms with E-state index in [9.17, 15) is 0 Å². The van der Waals surface area contributed by atoms with E-state index in [2.05, 4.69) is 79.7 Å². The first kappa shape index (κ1) is 19.1. The Labute approximate surface area is 152 Å². The van der Waals surface area contributed by atoms with E-state index in [1.165, 1.54) is 33.4 Å². The summed E-state index contributed by atoms with van der Waals surface area (Å²) >= 11 is 0. The second-order valence-corrected chi connectivity index (χ2v) is 7.37. The van der Waals surface area contributed by atoms with Gasteiger partial charge in [0.05, 0.1) is 11.4 Å². The molecule has 2 heteroatoms. The van der Waals surface area contributed by atoms with Crippen molar-refractivity contribution in [3.05, 3.63) is 57.6 Å². The van der Waals surface area contributed by atoms with Crippen LogP contribution in [0.5, 0.6) is 0 Å². The fraction of sp³-hybridized carbons (Fsp3) is 0.391. The van der Waals surface area contributed by atoms with Crippen LogP contribution in [0.3, 0.4) is 0 Å². The third kappa shape index (κ3) is 4.88. The summed E-state index contributed by atoms with van der Waals surface area (Å²) in [4.78, 5) is 9.75. The average Bonchev–Trinajstić information content (AvgIpc) is 2.46. The molecule has 0 aliphatic heterocycles. The third-order valence-corrected chi connectivity index (χ3v) is 4.39. The van der Waals surface area contributed by atoms with Gasteiger partial charge in [-0.05, 0) is 77.6 Å². The highest BCUT2D eigenvalue weighted by Crippen LogP contribution is 2.27. The van der Waals surface area contributed by atoms with Gasteiger partial charge in [0.25, 0.3) is 0 Å².